The number of piperazine rings is 1. The van der Waals surface area contributed by atoms with E-state index in [2.05, 4.69) is 14.9 Å². The maximum Gasteiger partial charge on any atom is 0.262 e. The Labute approximate surface area is 241 Å². The van der Waals surface area contributed by atoms with Crippen molar-refractivity contribution in [3.8, 4) is 11.5 Å². The van der Waals surface area contributed by atoms with E-state index < -0.39 is 15.9 Å². The number of sulfonamides is 1. The molecule has 0 radical (unpaired) electrons. The minimum absolute atomic E-state index is 0.00419. The van der Waals surface area contributed by atoms with Crippen LogP contribution in [0, 0.1) is 0 Å². The highest BCUT2D eigenvalue weighted by atomic mass is 32.2. The lowest BCUT2D eigenvalue weighted by Crippen LogP contribution is -2.54. The number of benzene rings is 3. The van der Waals surface area contributed by atoms with E-state index in [1.54, 1.807) is 41.3 Å². The zero-order valence-corrected chi connectivity index (χ0v) is 23.8. The summed E-state index contributed by atoms with van der Waals surface area (Å²) in [4.78, 5) is 29.7. The standard InChI is InChI=1S/C31H36N4O5S/c36-30(35-21-19-34(20-22-35)25-9-3-1-4-10-25)23-32-31(37)24-15-17-27(18-16-24)41(38,39)33-28-13-7-8-14-29(28)40-26-11-5-2-6-12-26/h2,5-8,11-18,25,33H,1,3-4,9-10,19-23H2,(H,32,37). The van der Waals surface area contributed by atoms with Crippen LogP contribution >= 0.6 is 0 Å². The third kappa shape index (κ3) is 7.45. The summed E-state index contributed by atoms with van der Waals surface area (Å²) >= 11 is 0. The summed E-state index contributed by atoms with van der Waals surface area (Å²) in [5.41, 5.74) is 0.558. The first-order chi connectivity index (χ1) is 19.9. The van der Waals surface area contributed by atoms with Gasteiger partial charge in [-0.25, -0.2) is 8.42 Å². The Morgan fingerprint density at radius 1 is 0.805 bits per heavy atom. The average Bonchev–Trinajstić information content (AvgIpc) is 3.01. The van der Waals surface area contributed by atoms with E-state index in [1.165, 1.54) is 56.4 Å². The number of ether oxygens (including phenoxy) is 1. The fourth-order valence-corrected chi connectivity index (χ4v) is 6.47. The number of amides is 2. The van der Waals surface area contributed by atoms with Gasteiger partial charge >= 0.3 is 0 Å². The van der Waals surface area contributed by atoms with Gasteiger partial charge in [0.15, 0.2) is 5.75 Å². The summed E-state index contributed by atoms with van der Waals surface area (Å²) in [6.45, 7) is 2.99. The molecule has 3 aromatic rings. The molecule has 1 saturated heterocycles. The third-order valence-electron chi connectivity index (χ3n) is 7.69. The maximum absolute atomic E-state index is 13.1. The van der Waals surface area contributed by atoms with E-state index in [0.717, 1.165) is 13.1 Å². The molecule has 2 aliphatic rings. The Morgan fingerprint density at radius 3 is 2.17 bits per heavy atom. The van der Waals surface area contributed by atoms with Crippen molar-refractivity contribution in [2.45, 2.75) is 43.0 Å². The lowest BCUT2D eigenvalue weighted by Gasteiger charge is -2.40. The van der Waals surface area contributed by atoms with Gasteiger partial charge in [-0.2, -0.15) is 0 Å². The molecule has 1 heterocycles. The maximum atomic E-state index is 13.1. The van der Waals surface area contributed by atoms with Gasteiger partial charge in [0.25, 0.3) is 15.9 Å². The van der Waals surface area contributed by atoms with E-state index in [-0.39, 0.29) is 28.6 Å². The Hall–Kier alpha value is -3.89. The molecule has 216 valence electrons. The second-order valence-electron chi connectivity index (χ2n) is 10.4. The van der Waals surface area contributed by atoms with Crippen LogP contribution in [0.15, 0.2) is 83.8 Å². The summed E-state index contributed by atoms with van der Waals surface area (Å²) in [7, 11) is -3.95. The minimum atomic E-state index is -3.95. The smallest absolute Gasteiger partial charge is 0.262 e. The van der Waals surface area contributed by atoms with Crippen LogP contribution in [0.1, 0.15) is 42.5 Å². The molecular weight excluding hydrogens is 540 g/mol. The van der Waals surface area contributed by atoms with Crippen molar-refractivity contribution in [2.75, 3.05) is 37.4 Å². The van der Waals surface area contributed by atoms with Crippen molar-refractivity contribution < 1.29 is 22.7 Å². The number of rotatable bonds is 9. The monoisotopic (exact) mass is 576 g/mol. The average molecular weight is 577 g/mol. The Kier molecular flexibility index (Phi) is 9.21. The third-order valence-corrected chi connectivity index (χ3v) is 9.07. The molecule has 41 heavy (non-hydrogen) atoms. The number of nitrogens with one attached hydrogen (secondary N) is 2. The molecular formula is C31H36N4O5S. The SMILES string of the molecule is O=C(NCC(=O)N1CCN(C2CCCCC2)CC1)c1ccc(S(=O)(=O)Nc2ccccc2Oc2ccccc2)cc1. The van der Waals surface area contributed by atoms with E-state index in [4.69, 9.17) is 4.74 Å². The van der Waals surface area contributed by atoms with Crippen LogP contribution in [0.5, 0.6) is 11.5 Å². The Morgan fingerprint density at radius 2 is 1.46 bits per heavy atom. The zero-order valence-electron chi connectivity index (χ0n) is 23.0. The molecule has 2 N–H and O–H groups in total. The molecule has 1 aliphatic carbocycles. The molecule has 10 heteroatoms. The second kappa shape index (κ2) is 13.2. The molecule has 2 fully saturated rings. The summed E-state index contributed by atoms with van der Waals surface area (Å²) in [5, 5.41) is 2.67. The number of carbonyl (C=O) groups excluding carboxylic acids is 2. The lowest BCUT2D eigenvalue weighted by atomic mass is 9.94. The molecule has 0 unspecified atom stereocenters. The van der Waals surface area contributed by atoms with E-state index in [1.807, 2.05) is 18.2 Å². The van der Waals surface area contributed by atoms with Gasteiger partial charge in [-0.3, -0.25) is 19.2 Å². The highest BCUT2D eigenvalue weighted by Crippen LogP contribution is 2.31. The molecule has 0 atom stereocenters. The first kappa shape index (κ1) is 28.6. The largest absolute Gasteiger partial charge is 0.455 e. The normalized spacial score (nSPS) is 16.6. The number of carbonyl (C=O) groups is 2. The van der Waals surface area contributed by atoms with Gasteiger partial charge in [0.1, 0.15) is 5.75 Å². The topological polar surface area (TPSA) is 108 Å². The fraction of sp³-hybridized carbons (Fsp3) is 0.355. The quantitative estimate of drug-likeness (QED) is 0.389. The van der Waals surface area contributed by atoms with Crippen molar-refractivity contribution in [1.29, 1.82) is 0 Å². The Bertz CT molecular complexity index is 1430. The van der Waals surface area contributed by atoms with Crippen molar-refractivity contribution >= 4 is 27.5 Å². The van der Waals surface area contributed by atoms with Crippen molar-refractivity contribution in [1.82, 2.24) is 15.1 Å². The summed E-state index contributed by atoms with van der Waals surface area (Å²) in [5.74, 6) is 0.396. The molecule has 0 aromatic heterocycles. The van der Waals surface area contributed by atoms with Crippen molar-refractivity contribution in [3.05, 3.63) is 84.4 Å². The number of hydrogen-bond donors (Lipinski definition) is 2. The molecule has 2 amide bonds. The van der Waals surface area contributed by atoms with Crippen LogP contribution in [0.4, 0.5) is 5.69 Å². The number of para-hydroxylation sites is 3. The molecule has 0 spiro atoms. The van der Waals surface area contributed by atoms with Crippen LogP contribution in [-0.2, 0) is 14.8 Å². The minimum Gasteiger partial charge on any atom is -0.455 e. The molecule has 1 aliphatic heterocycles. The highest BCUT2D eigenvalue weighted by Gasteiger charge is 2.27. The Balaban J connectivity index is 1.13. The lowest BCUT2D eigenvalue weighted by molar-refractivity contribution is -0.132. The summed E-state index contributed by atoms with van der Waals surface area (Å²) < 4.78 is 34.6. The van der Waals surface area contributed by atoms with E-state index >= 15 is 0 Å². The second-order valence-corrected chi connectivity index (χ2v) is 12.1. The number of nitrogens with zero attached hydrogens (tertiary/aromatic N) is 2. The van der Waals surface area contributed by atoms with Crippen LogP contribution < -0.4 is 14.8 Å². The van der Waals surface area contributed by atoms with Gasteiger partial charge in [0.2, 0.25) is 5.91 Å². The highest BCUT2D eigenvalue weighted by molar-refractivity contribution is 7.92. The molecule has 0 bridgehead atoms. The first-order valence-electron chi connectivity index (χ1n) is 14.1. The van der Waals surface area contributed by atoms with Crippen molar-refractivity contribution in [2.24, 2.45) is 0 Å². The molecule has 3 aromatic carbocycles. The molecule has 1 saturated carbocycles. The molecule has 5 rings (SSSR count). The molecule has 9 nitrogen and oxygen atoms in total. The number of anilines is 1. The van der Waals surface area contributed by atoms with Crippen molar-refractivity contribution in [3.63, 3.8) is 0 Å². The van der Waals surface area contributed by atoms with E-state index in [9.17, 15) is 18.0 Å². The van der Waals surface area contributed by atoms with Crippen LogP contribution in [0.25, 0.3) is 0 Å². The van der Waals surface area contributed by atoms with Crippen LogP contribution in [-0.4, -0.2) is 68.8 Å². The van der Waals surface area contributed by atoms with Gasteiger partial charge in [0.05, 0.1) is 17.1 Å². The van der Waals surface area contributed by atoms with Gasteiger partial charge in [-0.1, -0.05) is 49.6 Å². The summed E-state index contributed by atoms with van der Waals surface area (Å²) in [6.07, 6.45) is 6.39. The van der Waals surface area contributed by atoms with Gasteiger partial charge in [0, 0.05) is 37.8 Å². The van der Waals surface area contributed by atoms with Crippen LogP contribution in [0.2, 0.25) is 0 Å². The predicted octanol–water partition coefficient (Wildman–Crippen LogP) is 4.49. The fourth-order valence-electron chi connectivity index (χ4n) is 5.40. The predicted molar refractivity (Wildman–Crippen MR) is 158 cm³/mol. The van der Waals surface area contributed by atoms with Gasteiger partial charge in [-0.05, 0) is 61.4 Å². The zero-order chi connectivity index (χ0) is 28.7. The number of hydrogen-bond acceptors (Lipinski definition) is 6. The van der Waals surface area contributed by atoms with E-state index in [0.29, 0.717) is 30.6 Å². The van der Waals surface area contributed by atoms with Gasteiger partial charge in [-0.15, -0.1) is 0 Å². The van der Waals surface area contributed by atoms with Crippen LogP contribution in [0.3, 0.4) is 0 Å². The summed E-state index contributed by atoms with van der Waals surface area (Å²) in [6, 6.07) is 22.1. The first-order valence-corrected chi connectivity index (χ1v) is 15.6. The van der Waals surface area contributed by atoms with Gasteiger partial charge < -0.3 is 15.0 Å².